The van der Waals surface area contributed by atoms with Gasteiger partial charge in [-0.25, -0.2) is 22.6 Å². The molecule has 6 nitrogen and oxygen atoms in total. The van der Waals surface area contributed by atoms with Crippen LogP contribution in [0.5, 0.6) is 0 Å². The quantitative estimate of drug-likeness (QED) is 0.631. The number of hydrogen-bond acceptors (Lipinski definition) is 6. The Balaban J connectivity index is 1.69. The molecule has 0 aliphatic rings. The predicted octanol–water partition coefficient (Wildman–Crippen LogP) is 3.68. The monoisotopic (exact) mass is 406 g/mol. The molecule has 0 saturated heterocycles. The fraction of sp³-hybridized carbons (Fsp3) is 0.111. The summed E-state index contributed by atoms with van der Waals surface area (Å²) in [4.78, 5) is 16.7. The summed E-state index contributed by atoms with van der Waals surface area (Å²) in [6, 6.07) is 12.1. The van der Waals surface area contributed by atoms with Gasteiger partial charge in [-0.15, -0.1) is 11.3 Å². The third-order valence-electron chi connectivity index (χ3n) is 3.44. The smallest absolute Gasteiger partial charge is 0.340 e. The second-order valence-electron chi connectivity index (χ2n) is 5.65. The Morgan fingerprint density at radius 1 is 1.19 bits per heavy atom. The van der Waals surface area contributed by atoms with E-state index in [1.165, 1.54) is 35.6 Å². The number of rotatable bonds is 6. The van der Waals surface area contributed by atoms with Crippen LogP contribution in [0.2, 0.25) is 0 Å². The number of halogens is 1. The van der Waals surface area contributed by atoms with Gasteiger partial charge < -0.3 is 4.74 Å². The van der Waals surface area contributed by atoms with Gasteiger partial charge in [0.1, 0.15) is 17.4 Å². The van der Waals surface area contributed by atoms with E-state index >= 15 is 0 Å². The first-order valence-electron chi connectivity index (χ1n) is 7.76. The van der Waals surface area contributed by atoms with Crippen LogP contribution in [-0.2, 0) is 21.4 Å². The van der Waals surface area contributed by atoms with Crippen molar-refractivity contribution in [3.05, 3.63) is 71.0 Å². The molecule has 140 valence electrons. The number of sulfonamides is 1. The highest BCUT2D eigenvalue weighted by Gasteiger charge is 2.16. The molecule has 0 atom stereocenters. The molecule has 0 unspecified atom stereocenters. The van der Waals surface area contributed by atoms with E-state index < -0.39 is 16.0 Å². The number of thiazole rings is 1. The zero-order valence-corrected chi connectivity index (χ0v) is 15.8. The summed E-state index contributed by atoms with van der Waals surface area (Å²) in [6.07, 6.45) is 1.00. The van der Waals surface area contributed by atoms with Crippen molar-refractivity contribution < 1.29 is 22.3 Å². The first-order chi connectivity index (χ1) is 12.8. The topological polar surface area (TPSA) is 85.4 Å². The van der Waals surface area contributed by atoms with Crippen LogP contribution in [0.3, 0.4) is 0 Å². The molecule has 0 bridgehead atoms. The number of hydrogen-bond donors (Lipinski definition) is 1. The average Bonchev–Trinajstić information content (AvgIpc) is 3.08. The van der Waals surface area contributed by atoms with Crippen LogP contribution >= 0.6 is 11.3 Å². The molecule has 0 amide bonds. The van der Waals surface area contributed by atoms with Gasteiger partial charge in [0.05, 0.1) is 23.2 Å². The van der Waals surface area contributed by atoms with E-state index in [9.17, 15) is 17.6 Å². The van der Waals surface area contributed by atoms with Crippen LogP contribution in [0.15, 0.2) is 53.9 Å². The van der Waals surface area contributed by atoms with Gasteiger partial charge in [0.15, 0.2) is 0 Å². The van der Waals surface area contributed by atoms with Gasteiger partial charge in [0, 0.05) is 10.9 Å². The van der Waals surface area contributed by atoms with E-state index in [2.05, 4.69) is 9.71 Å². The van der Waals surface area contributed by atoms with Crippen molar-refractivity contribution in [2.45, 2.75) is 6.61 Å². The highest BCUT2D eigenvalue weighted by molar-refractivity contribution is 7.92. The fourth-order valence-corrected chi connectivity index (χ4v) is 3.65. The third kappa shape index (κ3) is 5.11. The van der Waals surface area contributed by atoms with E-state index in [0.29, 0.717) is 10.7 Å². The van der Waals surface area contributed by atoms with Crippen LogP contribution < -0.4 is 4.72 Å². The summed E-state index contributed by atoms with van der Waals surface area (Å²) < 4.78 is 43.4. The molecule has 1 heterocycles. The minimum absolute atomic E-state index is 0.0657. The molecule has 0 spiro atoms. The molecular weight excluding hydrogens is 391 g/mol. The Kier molecular flexibility index (Phi) is 5.52. The average molecular weight is 406 g/mol. The molecule has 0 saturated carbocycles. The maximum atomic E-state index is 13.0. The summed E-state index contributed by atoms with van der Waals surface area (Å²) in [5.41, 5.74) is 1.56. The number of esters is 1. The second-order valence-corrected chi connectivity index (χ2v) is 8.25. The van der Waals surface area contributed by atoms with E-state index in [1.807, 2.05) is 0 Å². The van der Waals surface area contributed by atoms with Crippen molar-refractivity contribution in [3.63, 3.8) is 0 Å². The van der Waals surface area contributed by atoms with Crippen LogP contribution in [-0.4, -0.2) is 25.6 Å². The Hall–Kier alpha value is -2.78. The minimum atomic E-state index is -3.53. The molecule has 3 aromatic rings. The number of anilines is 1. The molecule has 0 aliphatic carbocycles. The molecule has 0 radical (unpaired) electrons. The standard InChI is InChI=1S/C18H15FN2O4S2/c1-27(23,24)21-16-5-3-2-4-15(16)18(22)25-10-14-11-26-17(20-14)12-6-8-13(19)9-7-12/h2-9,11,21H,10H2,1H3. The first-order valence-corrected chi connectivity index (χ1v) is 10.5. The largest absolute Gasteiger partial charge is 0.455 e. The van der Waals surface area contributed by atoms with Gasteiger partial charge in [-0.1, -0.05) is 12.1 Å². The fourth-order valence-electron chi connectivity index (χ4n) is 2.27. The Bertz CT molecular complexity index is 1060. The molecule has 1 N–H and O–H groups in total. The summed E-state index contributed by atoms with van der Waals surface area (Å²) in [6.45, 7) is -0.0657. The van der Waals surface area contributed by atoms with Crippen molar-refractivity contribution in [2.75, 3.05) is 11.0 Å². The highest BCUT2D eigenvalue weighted by atomic mass is 32.2. The lowest BCUT2D eigenvalue weighted by molar-refractivity contribution is 0.0470. The molecule has 27 heavy (non-hydrogen) atoms. The third-order valence-corrected chi connectivity index (χ3v) is 4.97. The lowest BCUT2D eigenvalue weighted by atomic mass is 10.2. The summed E-state index contributed by atoms with van der Waals surface area (Å²) in [5.74, 6) is -0.996. The van der Waals surface area contributed by atoms with E-state index in [1.54, 1.807) is 29.6 Å². The highest BCUT2D eigenvalue weighted by Crippen LogP contribution is 2.24. The zero-order chi connectivity index (χ0) is 19.4. The van der Waals surface area contributed by atoms with E-state index in [-0.39, 0.29) is 23.7 Å². The molecule has 2 aromatic carbocycles. The molecular formula is C18H15FN2O4S2. The predicted molar refractivity (Wildman–Crippen MR) is 102 cm³/mol. The number of para-hydroxylation sites is 1. The number of carbonyl (C=O) groups is 1. The lowest BCUT2D eigenvalue weighted by Crippen LogP contribution is -2.14. The molecule has 0 fully saturated rings. The second kappa shape index (κ2) is 7.85. The van der Waals surface area contributed by atoms with Crippen LogP contribution in [0.25, 0.3) is 10.6 Å². The zero-order valence-electron chi connectivity index (χ0n) is 14.2. The van der Waals surface area contributed by atoms with Gasteiger partial charge in [0.25, 0.3) is 0 Å². The van der Waals surface area contributed by atoms with Crippen molar-refractivity contribution >= 4 is 33.0 Å². The van der Waals surface area contributed by atoms with Crippen LogP contribution in [0.1, 0.15) is 16.1 Å². The Morgan fingerprint density at radius 3 is 2.59 bits per heavy atom. The number of ether oxygens (including phenoxy) is 1. The summed E-state index contributed by atoms with van der Waals surface area (Å²) in [7, 11) is -3.53. The first kappa shape index (κ1) is 19.0. The molecule has 0 aliphatic heterocycles. The molecule has 9 heteroatoms. The number of aromatic nitrogens is 1. The summed E-state index contributed by atoms with van der Waals surface area (Å²) in [5, 5.41) is 2.42. The van der Waals surface area contributed by atoms with E-state index in [4.69, 9.17) is 4.74 Å². The van der Waals surface area contributed by atoms with Crippen LogP contribution in [0.4, 0.5) is 10.1 Å². The van der Waals surface area contributed by atoms with E-state index in [0.717, 1.165) is 11.8 Å². The SMILES string of the molecule is CS(=O)(=O)Nc1ccccc1C(=O)OCc1csc(-c2ccc(F)cc2)n1. The van der Waals surface area contributed by atoms with Crippen LogP contribution in [0, 0.1) is 5.82 Å². The van der Waals surface area contributed by atoms with Gasteiger partial charge in [-0.2, -0.15) is 0 Å². The van der Waals surface area contributed by atoms with Crippen molar-refractivity contribution in [1.82, 2.24) is 4.98 Å². The van der Waals surface area contributed by atoms with Crippen molar-refractivity contribution in [3.8, 4) is 10.6 Å². The maximum Gasteiger partial charge on any atom is 0.340 e. The normalized spacial score (nSPS) is 11.2. The van der Waals surface area contributed by atoms with Gasteiger partial charge in [0.2, 0.25) is 10.0 Å². The number of nitrogens with one attached hydrogen (secondary N) is 1. The lowest BCUT2D eigenvalue weighted by Gasteiger charge is -2.09. The van der Waals surface area contributed by atoms with Gasteiger partial charge in [-0.3, -0.25) is 4.72 Å². The number of benzene rings is 2. The minimum Gasteiger partial charge on any atom is -0.455 e. The number of carbonyl (C=O) groups excluding carboxylic acids is 1. The summed E-state index contributed by atoms with van der Waals surface area (Å²) >= 11 is 1.35. The van der Waals surface area contributed by atoms with Gasteiger partial charge >= 0.3 is 5.97 Å². The van der Waals surface area contributed by atoms with Crippen molar-refractivity contribution in [2.24, 2.45) is 0 Å². The maximum absolute atomic E-state index is 13.0. The Labute approximate surface area is 159 Å². The van der Waals surface area contributed by atoms with Gasteiger partial charge in [-0.05, 0) is 36.4 Å². The number of nitrogens with zero attached hydrogens (tertiary/aromatic N) is 1. The molecule has 3 rings (SSSR count). The molecule has 1 aromatic heterocycles. The van der Waals surface area contributed by atoms with Crippen molar-refractivity contribution in [1.29, 1.82) is 0 Å². The Morgan fingerprint density at radius 2 is 1.89 bits per heavy atom.